The first-order valence-corrected chi connectivity index (χ1v) is 8.73. The van der Waals surface area contributed by atoms with Crippen molar-refractivity contribution in [3.8, 4) is 5.69 Å². The Bertz CT molecular complexity index is 1000. The number of aromatic nitrogens is 4. The number of carbonyl (C=O) groups excluding carboxylic acids is 1. The topological polar surface area (TPSA) is 96.3 Å². The molecule has 1 aromatic carbocycles. The number of methoxy groups -OCH3 is 1. The lowest BCUT2D eigenvalue weighted by atomic mass is 10.3. The summed E-state index contributed by atoms with van der Waals surface area (Å²) in [5.74, 6) is 0.270. The second-order valence-corrected chi connectivity index (χ2v) is 6.36. The molecule has 4 rings (SSSR count). The monoisotopic (exact) mass is 368 g/mol. The lowest BCUT2D eigenvalue weighted by Gasteiger charge is -2.34. The quantitative estimate of drug-likeness (QED) is 0.666. The normalized spacial score (nSPS) is 15.2. The molecule has 0 amide bonds. The number of nitrogens with one attached hydrogen (secondary N) is 1. The van der Waals surface area contributed by atoms with Gasteiger partial charge in [-0.05, 0) is 12.1 Å². The van der Waals surface area contributed by atoms with E-state index in [-0.39, 0.29) is 18.1 Å². The smallest absolute Gasteiger partial charge is 0.319 e. The van der Waals surface area contributed by atoms with E-state index >= 15 is 0 Å². The summed E-state index contributed by atoms with van der Waals surface area (Å²) in [5, 5.41) is 4.77. The number of H-pyrrole nitrogens is 1. The molecule has 0 saturated carbocycles. The number of esters is 1. The highest BCUT2D eigenvalue weighted by atomic mass is 16.5. The lowest BCUT2D eigenvalue weighted by molar-refractivity contribution is -0.142. The van der Waals surface area contributed by atoms with Crippen LogP contribution >= 0.6 is 0 Å². The summed E-state index contributed by atoms with van der Waals surface area (Å²) in [5.41, 5.74) is 1.16. The van der Waals surface area contributed by atoms with E-state index in [1.54, 1.807) is 4.68 Å². The zero-order valence-electron chi connectivity index (χ0n) is 15.0. The van der Waals surface area contributed by atoms with Crippen LogP contribution in [0.2, 0.25) is 0 Å². The highest BCUT2D eigenvalue weighted by Crippen LogP contribution is 2.17. The zero-order chi connectivity index (χ0) is 18.8. The van der Waals surface area contributed by atoms with Crippen LogP contribution in [0.4, 0.5) is 5.95 Å². The van der Waals surface area contributed by atoms with Gasteiger partial charge in [0.25, 0.3) is 5.56 Å². The molecule has 140 valence electrons. The van der Waals surface area contributed by atoms with Crippen molar-refractivity contribution in [2.45, 2.75) is 0 Å². The van der Waals surface area contributed by atoms with Gasteiger partial charge in [0.1, 0.15) is 5.39 Å². The van der Waals surface area contributed by atoms with Gasteiger partial charge in [-0.1, -0.05) is 18.2 Å². The number of para-hydroxylation sites is 1. The third-order valence-corrected chi connectivity index (χ3v) is 4.68. The Morgan fingerprint density at radius 3 is 2.63 bits per heavy atom. The summed E-state index contributed by atoms with van der Waals surface area (Å²) in [6.45, 7) is 2.97. The molecule has 1 aliphatic heterocycles. The fraction of sp³-hybridized carbons (Fsp3) is 0.333. The summed E-state index contributed by atoms with van der Waals surface area (Å²) >= 11 is 0. The van der Waals surface area contributed by atoms with E-state index < -0.39 is 0 Å². The summed E-state index contributed by atoms with van der Waals surface area (Å²) < 4.78 is 6.38. The molecule has 1 aliphatic rings. The van der Waals surface area contributed by atoms with Crippen LogP contribution < -0.4 is 10.5 Å². The molecule has 3 aromatic rings. The van der Waals surface area contributed by atoms with Crippen molar-refractivity contribution in [2.75, 3.05) is 44.7 Å². The minimum Gasteiger partial charge on any atom is -0.468 e. The van der Waals surface area contributed by atoms with Gasteiger partial charge in [-0.2, -0.15) is 10.1 Å². The van der Waals surface area contributed by atoms with E-state index in [1.165, 1.54) is 13.3 Å². The molecular formula is C18H20N6O3. The predicted octanol–water partition coefficient (Wildman–Crippen LogP) is 0.404. The van der Waals surface area contributed by atoms with Gasteiger partial charge in [0.2, 0.25) is 5.95 Å². The van der Waals surface area contributed by atoms with Gasteiger partial charge in [0, 0.05) is 26.2 Å². The molecule has 27 heavy (non-hydrogen) atoms. The fourth-order valence-corrected chi connectivity index (χ4v) is 3.18. The van der Waals surface area contributed by atoms with Gasteiger partial charge >= 0.3 is 5.97 Å². The van der Waals surface area contributed by atoms with Crippen LogP contribution in [0.15, 0.2) is 41.3 Å². The number of piperazine rings is 1. The van der Waals surface area contributed by atoms with Gasteiger partial charge in [-0.3, -0.25) is 19.5 Å². The number of anilines is 1. The van der Waals surface area contributed by atoms with Crippen molar-refractivity contribution >= 4 is 23.0 Å². The summed E-state index contributed by atoms with van der Waals surface area (Å²) in [7, 11) is 1.39. The first-order chi connectivity index (χ1) is 13.2. The van der Waals surface area contributed by atoms with Gasteiger partial charge in [-0.25, -0.2) is 4.68 Å². The first-order valence-electron chi connectivity index (χ1n) is 8.73. The zero-order valence-corrected chi connectivity index (χ0v) is 15.0. The average Bonchev–Trinajstić information content (AvgIpc) is 3.14. The average molecular weight is 368 g/mol. The van der Waals surface area contributed by atoms with Crippen molar-refractivity contribution in [3.05, 3.63) is 46.9 Å². The van der Waals surface area contributed by atoms with Crippen molar-refractivity contribution < 1.29 is 9.53 Å². The number of ether oxygens (including phenoxy) is 1. The number of hydrogen-bond acceptors (Lipinski definition) is 7. The predicted molar refractivity (Wildman–Crippen MR) is 100 cm³/mol. The summed E-state index contributed by atoms with van der Waals surface area (Å²) in [4.78, 5) is 35.4. The summed E-state index contributed by atoms with van der Waals surface area (Å²) in [6.07, 6.45) is 1.53. The van der Waals surface area contributed by atoms with Crippen molar-refractivity contribution in [3.63, 3.8) is 0 Å². The second-order valence-electron chi connectivity index (χ2n) is 6.36. The number of benzene rings is 1. The molecule has 9 nitrogen and oxygen atoms in total. The molecular weight excluding hydrogens is 348 g/mol. The molecule has 9 heteroatoms. The largest absolute Gasteiger partial charge is 0.468 e. The molecule has 0 radical (unpaired) electrons. The standard InChI is InChI=1S/C18H20N6O3/c1-27-15(25)12-22-7-9-23(10-8-22)18-20-16-14(17(26)21-18)11-19-24(16)13-5-3-2-4-6-13/h2-6,11H,7-10,12H2,1H3,(H,20,21,26). The third-order valence-electron chi connectivity index (χ3n) is 4.68. The summed E-state index contributed by atoms with van der Waals surface area (Å²) in [6, 6.07) is 9.59. The molecule has 0 spiro atoms. The Morgan fingerprint density at radius 1 is 1.19 bits per heavy atom. The highest BCUT2D eigenvalue weighted by molar-refractivity contribution is 5.76. The second kappa shape index (κ2) is 7.20. The number of hydrogen-bond donors (Lipinski definition) is 1. The first kappa shape index (κ1) is 17.2. The Hall–Kier alpha value is -3.20. The Morgan fingerprint density at radius 2 is 1.93 bits per heavy atom. The van der Waals surface area contributed by atoms with E-state index in [2.05, 4.69) is 15.1 Å². The molecule has 2 aromatic heterocycles. The van der Waals surface area contributed by atoms with Crippen LogP contribution in [-0.4, -0.2) is 70.5 Å². The molecule has 1 N–H and O–H groups in total. The SMILES string of the molecule is COC(=O)CN1CCN(c2nc3c(cnn3-c3ccccc3)c(=O)[nH]2)CC1. The van der Waals surface area contributed by atoms with Crippen LogP contribution in [0.1, 0.15) is 0 Å². The van der Waals surface area contributed by atoms with Crippen molar-refractivity contribution in [1.82, 2.24) is 24.6 Å². The number of rotatable bonds is 4. The molecule has 0 bridgehead atoms. The molecule has 3 heterocycles. The van der Waals surface area contributed by atoms with Gasteiger partial charge in [-0.15, -0.1) is 0 Å². The maximum Gasteiger partial charge on any atom is 0.319 e. The third kappa shape index (κ3) is 3.41. The number of fused-ring (bicyclic) bond motifs is 1. The maximum absolute atomic E-state index is 12.5. The van der Waals surface area contributed by atoms with E-state index in [0.29, 0.717) is 43.2 Å². The van der Waals surface area contributed by atoms with E-state index in [0.717, 1.165) is 5.69 Å². The molecule has 1 fully saturated rings. The Balaban J connectivity index is 1.60. The highest BCUT2D eigenvalue weighted by Gasteiger charge is 2.22. The van der Waals surface area contributed by atoms with Gasteiger partial charge in [0.15, 0.2) is 5.65 Å². The Labute approximate surface area is 155 Å². The van der Waals surface area contributed by atoms with E-state index in [4.69, 9.17) is 4.74 Å². The lowest BCUT2D eigenvalue weighted by Crippen LogP contribution is -2.48. The number of nitrogens with zero attached hydrogens (tertiary/aromatic N) is 5. The van der Waals surface area contributed by atoms with Crippen LogP contribution in [0.5, 0.6) is 0 Å². The van der Waals surface area contributed by atoms with Gasteiger partial charge < -0.3 is 9.64 Å². The molecule has 0 atom stereocenters. The maximum atomic E-state index is 12.5. The van der Waals surface area contributed by atoms with E-state index in [9.17, 15) is 9.59 Å². The number of carbonyl (C=O) groups is 1. The van der Waals surface area contributed by atoms with Crippen LogP contribution in [0, 0.1) is 0 Å². The minimum absolute atomic E-state index is 0.214. The molecule has 0 unspecified atom stereocenters. The van der Waals surface area contributed by atoms with Crippen LogP contribution in [0.3, 0.4) is 0 Å². The van der Waals surface area contributed by atoms with Crippen LogP contribution in [-0.2, 0) is 9.53 Å². The Kier molecular flexibility index (Phi) is 4.59. The van der Waals surface area contributed by atoms with Crippen molar-refractivity contribution in [2.24, 2.45) is 0 Å². The van der Waals surface area contributed by atoms with Crippen LogP contribution in [0.25, 0.3) is 16.7 Å². The van der Waals surface area contributed by atoms with E-state index in [1.807, 2.05) is 40.1 Å². The molecule has 1 saturated heterocycles. The minimum atomic E-state index is -0.247. The van der Waals surface area contributed by atoms with Crippen molar-refractivity contribution in [1.29, 1.82) is 0 Å². The molecule has 0 aliphatic carbocycles. The van der Waals surface area contributed by atoms with Gasteiger partial charge in [0.05, 0.1) is 25.5 Å². The number of aromatic amines is 1. The fourth-order valence-electron chi connectivity index (χ4n) is 3.18.